The summed E-state index contributed by atoms with van der Waals surface area (Å²) in [6, 6.07) is 0. The molecular weight excluding hydrogens is 321 g/mol. The van der Waals surface area contributed by atoms with Crippen LogP contribution in [0.3, 0.4) is 0 Å². The molecule has 0 saturated carbocycles. The highest BCUT2D eigenvalue weighted by molar-refractivity contribution is 14.1. The SMILES string of the molecule is CCSCc1nc(CC)c(I)c(NC)n1. The molecule has 1 N–H and O–H groups in total. The van der Waals surface area contributed by atoms with Crippen molar-refractivity contribution in [2.75, 3.05) is 18.1 Å². The minimum atomic E-state index is 0.898. The molecule has 5 heteroatoms. The first-order chi connectivity index (χ1) is 7.22. The van der Waals surface area contributed by atoms with Gasteiger partial charge < -0.3 is 5.32 Å². The zero-order valence-electron chi connectivity index (χ0n) is 9.30. The summed E-state index contributed by atoms with van der Waals surface area (Å²) in [4.78, 5) is 9.04. The summed E-state index contributed by atoms with van der Waals surface area (Å²) < 4.78 is 1.14. The minimum Gasteiger partial charge on any atom is -0.372 e. The van der Waals surface area contributed by atoms with E-state index in [9.17, 15) is 0 Å². The molecule has 15 heavy (non-hydrogen) atoms. The largest absolute Gasteiger partial charge is 0.372 e. The summed E-state index contributed by atoms with van der Waals surface area (Å²) in [6.07, 6.45) is 0.958. The lowest BCUT2D eigenvalue weighted by Crippen LogP contribution is -2.06. The first kappa shape index (κ1) is 13.0. The third-order valence-corrected chi connectivity index (χ3v) is 3.98. The molecule has 1 rings (SSSR count). The van der Waals surface area contributed by atoms with E-state index < -0.39 is 0 Å². The Hall–Kier alpha value is -0.0400. The lowest BCUT2D eigenvalue weighted by atomic mass is 10.3. The quantitative estimate of drug-likeness (QED) is 0.839. The molecule has 0 atom stereocenters. The van der Waals surface area contributed by atoms with Crippen molar-refractivity contribution in [1.82, 2.24) is 9.97 Å². The molecule has 1 heterocycles. The van der Waals surface area contributed by atoms with E-state index in [4.69, 9.17) is 0 Å². The van der Waals surface area contributed by atoms with Crippen molar-refractivity contribution in [1.29, 1.82) is 0 Å². The van der Waals surface area contributed by atoms with Crippen LogP contribution in [0, 0.1) is 3.57 Å². The molecule has 84 valence electrons. The van der Waals surface area contributed by atoms with Gasteiger partial charge in [0.25, 0.3) is 0 Å². The molecule has 0 amide bonds. The van der Waals surface area contributed by atoms with Crippen molar-refractivity contribution in [3.05, 3.63) is 15.1 Å². The van der Waals surface area contributed by atoms with Crippen LogP contribution < -0.4 is 5.32 Å². The van der Waals surface area contributed by atoms with Gasteiger partial charge in [-0.2, -0.15) is 11.8 Å². The number of aromatic nitrogens is 2. The van der Waals surface area contributed by atoms with Crippen LogP contribution in [0.1, 0.15) is 25.4 Å². The smallest absolute Gasteiger partial charge is 0.143 e. The highest BCUT2D eigenvalue weighted by atomic mass is 127. The van der Waals surface area contributed by atoms with Crippen molar-refractivity contribution < 1.29 is 0 Å². The van der Waals surface area contributed by atoms with Crippen molar-refractivity contribution in [3.8, 4) is 0 Å². The fourth-order valence-corrected chi connectivity index (χ4v) is 2.61. The Kier molecular flexibility index (Phi) is 5.66. The van der Waals surface area contributed by atoms with Crippen molar-refractivity contribution in [2.24, 2.45) is 0 Å². The molecular formula is C10H16IN3S. The van der Waals surface area contributed by atoms with Gasteiger partial charge in [-0.15, -0.1) is 0 Å². The summed E-state index contributed by atoms with van der Waals surface area (Å²) in [5, 5.41) is 3.12. The van der Waals surface area contributed by atoms with Crippen molar-refractivity contribution >= 4 is 40.2 Å². The van der Waals surface area contributed by atoms with Crippen molar-refractivity contribution in [3.63, 3.8) is 0 Å². The number of halogens is 1. The molecule has 0 radical (unpaired) electrons. The molecule has 0 spiro atoms. The Bertz CT molecular complexity index is 305. The predicted octanol–water partition coefficient (Wildman–Crippen LogP) is 2.94. The monoisotopic (exact) mass is 337 g/mol. The van der Waals surface area contributed by atoms with Crippen LogP contribution in [-0.4, -0.2) is 22.8 Å². The lowest BCUT2D eigenvalue weighted by molar-refractivity contribution is 0.929. The van der Waals surface area contributed by atoms with Crippen LogP contribution >= 0.6 is 34.4 Å². The maximum absolute atomic E-state index is 4.56. The predicted molar refractivity (Wildman–Crippen MR) is 75.5 cm³/mol. The molecule has 1 aromatic rings. The number of anilines is 1. The fraction of sp³-hybridized carbons (Fsp3) is 0.600. The van der Waals surface area contributed by atoms with Crippen LogP contribution in [0.4, 0.5) is 5.82 Å². The van der Waals surface area contributed by atoms with Crippen molar-refractivity contribution in [2.45, 2.75) is 26.0 Å². The summed E-state index contributed by atoms with van der Waals surface area (Å²) in [5.74, 6) is 3.89. The standard InChI is InChI=1S/C10H16IN3S/c1-4-7-9(11)10(12-3)14-8(13-7)6-15-5-2/h4-6H2,1-3H3,(H,12,13,14). The van der Waals surface area contributed by atoms with Gasteiger partial charge in [-0.25, -0.2) is 9.97 Å². The van der Waals surface area contributed by atoms with E-state index in [1.54, 1.807) is 0 Å². The second kappa shape index (κ2) is 6.52. The molecule has 0 aliphatic heterocycles. The third kappa shape index (κ3) is 3.48. The molecule has 0 unspecified atom stereocenters. The van der Waals surface area contributed by atoms with Gasteiger partial charge in [0.15, 0.2) is 0 Å². The topological polar surface area (TPSA) is 37.8 Å². The van der Waals surface area contributed by atoms with Gasteiger partial charge in [0, 0.05) is 7.05 Å². The highest BCUT2D eigenvalue weighted by Gasteiger charge is 2.09. The van der Waals surface area contributed by atoms with E-state index in [1.165, 1.54) is 0 Å². The normalized spacial score (nSPS) is 10.4. The van der Waals surface area contributed by atoms with Gasteiger partial charge in [0.2, 0.25) is 0 Å². The zero-order valence-corrected chi connectivity index (χ0v) is 12.3. The van der Waals surface area contributed by atoms with Crippen LogP contribution in [0.25, 0.3) is 0 Å². The summed E-state index contributed by atoms with van der Waals surface area (Å²) in [5.41, 5.74) is 1.14. The average Bonchev–Trinajstić information content (AvgIpc) is 2.27. The summed E-state index contributed by atoms with van der Waals surface area (Å²) in [6.45, 7) is 4.28. The number of thioether (sulfide) groups is 1. The van der Waals surface area contributed by atoms with Crippen LogP contribution in [0.15, 0.2) is 0 Å². The van der Waals surface area contributed by atoms with Crippen LogP contribution in [-0.2, 0) is 12.2 Å². The molecule has 1 aromatic heterocycles. The Labute approximate surface area is 109 Å². The molecule has 0 bridgehead atoms. The molecule has 0 aromatic carbocycles. The maximum atomic E-state index is 4.56. The van der Waals surface area contributed by atoms with Gasteiger partial charge in [0.1, 0.15) is 11.6 Å². The van der Waals surface area contributed by atoms with Crippen LogP contribution in [0.2, 0.25) is 0 Å². The molecule has 0 aliphatic rings. The Balaban J connectivity index is 2.98. The molecule has 0 fully saturated rings. The van der Waals surface area contributed by atoms with E-state index in [2.05, 4.69) is 51.7 Å². The number of nitrogens with one attached hydrogen (secondary N) is 1. The van der Waals surface area contributed by atoms with E-state index in [-0.39, 0.29) is 0 Å². The van der Waals surface area contributed by atoms with Gasteiger partial charge in [0.05, 0.1) is 15.0 Å². The van der Waals surface area contributed by atoms with Gasteiger partial charge in [-0.1, -0.05) is 13.8 Å². The number of aryl methyl sites for hydroxylation is 1. The van der Waals surface area contributed by atoms with Gasteiger partial charge >= 0.3 is 0 Å². The third-order valence-electron chi connectivity index (χ3n) is 1.97. The summed E-state index contributed by atoms with van der Waals surface area (Å²) >= 11 is 4.15. The number of hydrogen-bond donors (Lipinski definition) is 1. The average molecular weight is 337 g/mol. The molecule has 0 aliphatic carbocycles. The summed E-state index contributed by atoms with van der Waals surface area (Å²) in [7, 11) is 1.90. The van der Waals surface area contributed by atoms with E-state index >= 15 is 0 Å². The number of rotatable bonds is 5. The first-order valence-electron chi connectivity index (χ1n) is 5.03. The van der Waals surface area contributed by atoms with E-state index in [1.807, 2.05) is 18.8 Å². The lowest BCUT2D eigenvalue weighted by Gasteiger charge is -2.09. The maximum Gasteiger partial charge on any atom is 0.143 e. The van der Waals surface area contributed by atoms with Gasteiger partial charge in [-0.3, -0.25) is 0 Å². The Morgan fingerprint density at radius 2 is 2.07 bits per heavy atom. The van der Waals surface area contributed by atoms with Crippen LogP contribution in [0.5, 0.6) is 0 Å². The second-order valence-corrected chi connectivity index (χ2v) is 5.34. The van der Waals surface area contributed by atoms with E-state index in [0.717, 1.165) is 38.8 Å². The number of hydrogen-bond acceptors (Lipinski definition) is 4. The zero-order chi connectivity index (χ0) is 11.3. The fourth-order valence-electron chi connectivity index (χ4n) is 1.20. The number of nitrogens with zero attached hydrogens (tertiary/aromatic N) is 2. The minimum absolute atomic E-state index is 0.898. The van der Waals surface area contributed by atoms with E-state index in [0.29, 0.717) is 0 Å². The first-order valence-corrected chi connectivity index (χ1v) is 7.27. The second-order valence-electron chi connectivity index (χ2n) is 2.99. The Morgan fingerprint density at radius 1 is 1.33 bits per heavy atom. The molecule has 3 nitrogen and oxygen atoms in total. The van der Waals surface area contributed by atoms with Gasteiger partial charge in [-0.05, 0) is 34.8 Å². The molecule has 0 saturated heterocycles. The highest BCUT2D eigenvalue weighted by Crippen LogP contribution is 2.20. The Morgan fingerprint density at radius 3 is 2.60 bits per heavy atom.